The lowest BCUT2D eigenvalue weighted by atomic mass is 9.33. The fourth-order valence-corrected chi connectivity index (χ4v) is 16.4. The van der Waals surface area contributed by atoms with Gasteiger partial charge in [0.1, 0.15) is 73.2 Å². The van der Waals surface area contributed by atoms with Crippen LogP contribution in [0.1, 0.15) is 114 Å². The van der Waals surface area contributed by atoms with Crippen LogP contribution in [0.15, 0.2) is 34.9 Å². The summed E-state index contributed by atoms with van der Waals surface area (Å²) in [7, 11) is 0. The van der Waals surface area contributed by atoms with Gasteiger partial charge in [0.05, 0.1) is 44.1 Å². The Morgan fingerprint density at radius 3 is 1.66 bits per heavy atom. The summed E-state index contributed by atoms with van der Waals surface area (Å²) in [6.07, 6.45) is -25.1. The first kappa shape index (κ1) is 64.9. The number of esters is 2. The number of allylic oxidation sites excluding steroid dienone is 4. The van der Waals surface area contributed by atoms with Gasteiger partial charge in [-0.05, 0) is 107 Å². The van der Waals surface area contributed by atoms with Crippen molar-refractivity contribution < 1.29 is 119 Å². The first-order valence-electron chi connectivity index (χ1n) is 28.8. The summed E-state index contributed by atoms with van der Waals surface area (Å²) in [5.41, 5.74) is -3.63. The fraction of sp³-hybridized carbons (Fsp3) is 0.845. The Morgan fingerprint density at radius 1 is 0.622 bits per heavy atom. The number of ether oxygens (including phenoxy) is 8. The molecule has 8 aliphatic rings. The molecule has 0 aromatic rings. The Labute approximate surface area is 477 Å². The molecule has 3 aliphatic heterocycles. The van der Waals surface area contributed by atoms with E-state index in [2.05, 4.69) is 26.8 Å². The fourth-order valence-electron chi connectivity index (χ4n) is 16.4. The molecule has 0 amide bonds. The molecule has 24 heteroatoms. The Balaban J connectivity index is 1.12. The molecule has 0 aromatic carbocycles. The Kier molecular flexibility index (Phi) is 18.9. The second-order valence-electron chi connectivity index (χ2n) is 26.3. The second kappa shape index (κ2) is 23.9. The van der Waals surface area contributed by atoms with Crippen LogP contribution in [0, 0.1) is 50.2 Å². The smallest absolute Gasteiger partial charge is 0.335 e. The standard InChI is InChI=1S/C58H90O24/c1-11-25(3)48(73)81-45-46(82-49(74)26(4)12-2)58(24-62)28(19-53(45,5)6)27-13-14-32-54(7)17-16-34(55(8,23-61)31(54)15-18-56(32,9)57(27,10)20-33(58)63)77-52-43(79-51-40(69)38(67)36(65)30(22-60)76-51)41(70)42(44(80-52)47(71)72)78-50-39(68)37(66)35(64)29(21-59)75-50/h11-13,28-46,50-52,59-70H,14-24H2,1-10H3,(H,71,72)/b25-11-,26-12+/t28-,29+,30+,31+,32+,33+,34-,35+,36+,37-,38-,39+,40+,41-,42-,43+,44-,45-,46-,50-,51-,52+,54-,55+,56+,57+,58-/m0/s1. The van der Waals surface area contributed by atoms with Crippen molar-refractivity contribution in [3.8, 4) is 0 Å². The van der Waals surface area contributed by atoms with Crippen LogP contribution >= 0.6 is 0 Å². The van der Waals surface area contributed by atoms with Crippen LogP contribution in [0.25, 0.3) is 0 Å². The Bertz CT molecular complexity index is 2430. The number of aliphatic carboxylic acids is 1. The lowest BCUT2D eigenvalue weighted by molar-refractivity contribution is -0.392. The predicted molar refractivity (Wildman–Crippen MR) is 283 cm³/mol. The van der Waals surface area contributed by atoms with E-state index < -0.39 is 199 Å². The van der Waals surface area contributed by atoms with E-state index in [4.69, 9.17) is 37.9 Å². The molecule has 0 bridgehead atoms. The quantitative estimate of drug-likeness (QED) is 0.0430. The number of carbonyl (C=O) groups excluding carboxylic acids is 2. The van der Waals surface area contributed by atoms with E-state index in [0.717, 1.165) is 5.57 Å². The summed E-state index contributed by atoms with van der Waals surface area (Å²) in [5, 5.41) is 144. The lowest BCUT2D eigenvalue weighted by Crippen LogP contribution is -2.72. The molecule has 0 aromatic heterocycles. The van der Waals surface area contributed by atoms with Crippen LogP contribution in [-0.2, 0) is 52.3 Å². The zero-order valence-corrected chi connectivity index (χ0v) is 48.5. The molecule has 7 fully saturated rings. The average molecular weight is 1170 g/mol. The van der Waals surface area contributed by atoms with Gasteiger partial charge < -0.3 is 104 Å². The zero-order valence-electron chi connectivity index (χ0n) is 48.5. The van der Waals surface area contributed by atoms with Crippen molar-refractivity contribution in [1.29, 1.82) is 0 Å². The molecular formula is C58H90O24. The molecule has 0 spiro atoms. The molecule has 8 rings (SSSR count). The van der Waals surface area contributed by atoms with Crippen molar-refractivity contribution in [3.63, 3.8) is 0 Å². The number of aliphatic hydroxyl groups excluding tert-OH is 12. The largest absolute Gasteiger partial charge is 0.479 e. The molecule has 5 aliphatic carbocycles. The van der Waals surface area contributed by atoms with Gasteiger partial charge in [-0.2, -0.15) is 0 Å². The molecule has 27 atom stereocenters. The van der Waals surface area contributed by atoms with Gasteiger partial charge in [0.15, 0.2) is 31.1 Å². The first-order valence-corrected chi connectivity index (χ1v) is 28.8. The third-order valence-electron chi connectivity index (χ3n) is 21.7. The number of aliphatic hydroxyl groups is 12. The van der Waals surface area contributed by atoms with E-state index in [0.29, 0.717) is 43.3 Å². The molecule has 0 unspecified atom stereocenters. The highest BCUT2D eigenvalue weighted by Gasteiger charge is 2.74. The maximum Gasteiger partial charge on any atom is 0.335 e. The van der Waals surface area contributed by atoms with Gasteiger partial charge >= 0.3 is 17.9 Å². The van der Waals surface area contributed by atoms with Crippen molar-refractivity contribution >= 4 is 17.9 Å². The van der Waals surface area contributed by atoms with E-state index in [1.165, 1.54) is 0 Å². The van der Waals surface area contributed by atoms with Crippen LogP contribution < -0.4 is 0 Å². The second-order valence-corrected chi connectivity index (χ2v) is 26.3. The summed E-state index contributed by atoms with van der Waals surface area (Å²) in [4.78, 5) is 40.6. The molecular weight excluding hydrogens is 1080 g/mol. The van der Waals surface area contributed by atoms with Gasteiger partial charge in [-0.25, -0.2) is 14.4 Å². The van der Waals surface area contributed by atoms with Crippen molar-refractivity contribution in [1.82, 2.24) is 0 Å². The number of hydrogen-bond acceptors (Lipinski definition) is 23. The number of carboxylic acid groups (broad SMARTS) is 1. The topological polar surface area (TPSA) is 388 Å². The minimum atomic E-state index is -2.18. The minimum Gasteiger partial charge on any atom is -0.479 e. The summed E-state index contributed by atoms with van der Waals surface area (Å²) >= 11 is 0. The summed E-state index contributed by atoms with van der Waals surface area (Å²) in [6, 6.07) is 0. The van der Waals surface area contributed by atoms with E-state index in [1.807, 2.05) is 20.8 Å². The molecule has 0 radical (unpaired) electrons. The van der Waals surface area contributed by atoms with E-state index >= 15 is 0 Å². The number of rotatable bonds is 15. The van der Waals surface area contributed by atoms with E-state index in [1.54, 1.807) is 39.8 Å². The molecule has 3 saturated heterocycles. The maximum atomic E-state index is 13.8. The number of hydrogen-bond donors (Lipinski definition) is 13. The van der Waals surface area contributed by atoms with E-state index in [9.17, 15) is 80.8 Å². The predicted octanol–water partition coefficient (Wildman–Crippen LogP) is -0.375. The molecule has 3 heterocycles. The molecule has 13 N–H and O–H groups in total. The van der Waals surface area contributed by atoms with Crippen molar-refractivity contribution in [2.75, 3.05) is 26.4 Å². The average Bonchev–Trinajstić information content (AvgIpc) is 1.64. The van der Waals surface area contributed by atoms with Gasteiger partial charge in [0, 0.05) is 22.0 Å². The molecule has 4 saturated carbocycles. The van der Waals surface area contributed by atoms with Gasteiger partial charge in [-0.3, -0.25) is 0 Å². The van der Waals surface area contributed by atoms with Gasteiger partial charge in [-0.1, -0.05) is 65.3 Å². The van der Waals surface area contributed by atoms with Crippen molar-refractivity contribution in [3.05, 3.63) is 34.9 Å². The van der Waals surface area contributed by atoms with Crippen LogP contribution in [0.3, 0.4) is 0 Å². The van der Waals surface area contributed by atoms with Crippen molar-refractivity contribution in [2.24, 2.45) is 50.2 Å². The molecule has 466 valence electrons. The minimum absolute atomic E-state index is 0.0973. The van der Waals surface area contributed by atoms with Crippen LogP contribution in [0.4, 0.5) is 0 Å². The molecule has 24 nitrogen and oxygen atoms in total. The Hall–Kier alpha value is -3.09. The van der Waals surface area contributed by atoms with Crippen LogP contribution in [0.2, 0.25) is 0 Å². The van der Waals surface area contributed by atoms with Crippen molar-refractivity contribution in [2.45, 2.75) is 231 Å². The lowest BCUT2D eigenvalue weighted by Gasteiger charge is -2.72. The molecule has 82 heavy (non-hydrogen) atoms. The SMILES string of the molecule is C/C=C(/C)C(=O)O[C@H]1[C@H](OC(=O)/C(C)=C/C)[C@]2(CO)[C@H](O)C[C@]3(C)C(=CC[C@@H]4[C@@]5(C)CC[C@H](O[C@@H]6O[C@H](C(=O)O)[C@@H](O[C@@H]7O[C@H](CO)[C@@H](O)[C@H](O)[C@H]7O)[C@H](O)[C@H]6O[C@@H]6O[C@H](CO)[C@@H](O)[C@H](O)[C@H]6O)[C@](C)(CO)[C@@H]5CC[C@]43C)[C@@H]2CC1(C)C. The number of carbonyl (C=O) groups is 3. The van der Waals surface area contributed by atoms with Crippen LogP contribution in [0.5, 0.6) is 0 Å². The Morgan fingerprint density at radius 2 is 1.16 bits per heavy atom. The summed E-state index contributed by atoms with van der Waals surface area (Å²) in [5.74, 6) is -3.95. The first-order chi connectivity index (χ1) is 38.4. The summed E-state index contributed by atoms with van der Waals surface area (Å²) in [6.45, 7) is 16.2. The highest BCUT2D eigenvalue weighted by Crippen LogP contribution is 2.76. The third-order valence-corrected chi connectivity index (χ3v) is 21.7. The van der Waals surface area contributed by atoms with Crippen LogP contribution in [-0.4, -0.2) is 227 Å². The third kappa shape index (κ3) is 10.4. The van der Waals surface area contributed by atoms with E-state index in [-0.39, 0.29) is 24.7 Å². The highest BCUT2D eigenvalue weighted by molar-refractivity contribution is 5.89. The zero-order chi connectivity index (χ0) is 60.7. The van der Waals surface area contributed by atoms with Gasteiger partial charge in [0.2, 0.25) is 0 Å². The summed E-state index contributed by atoms with van der Waals surface area (Å²) < 4.78 is 48.6. The number of carboxylic acids is 1. The van der Waals surface area contributed by atoms with Gasteiger partial charge in [0.25, 0.3) is 0 Å². The monoisotopic (exact) mass is 1170 g/mol. The highest BCUT2D eigenvalue weighted by atomic mass is 16.8. The van der Waals surface area contributed by atoms with Gasteiger partial charge in [-0.15, -0.1) is 0 Å². The maximum absolute atomic E-state index is 13.8. The normalized spacial score (nSPS) is 49.5. The number of fused-ring (bicyclic) bond motifs is 7.